The van der Waals surface area contributed by atoms with Gasteiger partial charge in [-0.15, -0.1) is 0 Å². The number of piperidine rings is 1. The number of aliphatic carboxylic acids is 1. The first-order valence-electron chi connectivity index (χ1n) is 8.42. The highest BCUT2D eigenvalue weighted by Gasteiger charge is 2.38. The molecule has 9 nitrogen and oxygen atoms in total. The van der Waals surface area contributed by atoms with Crippen LogP contribution in [0.2, 0.25) is 0 Å². The van der Waals surface area contributed by atoms with Crippen LogP contribution in [0.3, 0.4) is 0 Å². The van der Waals surface area contributed by atoms with E-state index in [1.54, 1.807) is 18.1 Å². The Kier molecular flexibility index (Phi) is 6.78. The van der Waals surface area contributed by atoms with Gasteiger partial charge in [-0.25, -0.2) is 14.3 Å². The summed E-state index contributed by atoms with van der Waals surface area (Å²) in [6.07, 6.45) is 0.169. The molecule has 1 aliphatic rings. The number of nitrogens with zero attached hydrogens (tertiary/aromatic N) is 3. The number of aromatic amines is 1. The molecule has 1 aliphatic heterocycles. The summed E-state index contributed by atoms with van der Waals surface area (Å²) < 4.78 is 33.0. The number of halogens is 3. The number of carboxylic acid groups (broad SMARTS) is 1. The topological polar surface area (TPSA) is 120 Å². The van der Waals surface area contributed by atoms with Crippen LogP contribution in [0.4, 0.5) is 13.2 Å². The molecule has 0 saturated carbocycles. The third-order valence-electron chi connectivity index (χ3n) is 4.18. The number of carbonyl (C=O) groups excluding carboxylic acids is 1. The van der Waals surface area contributed by atoms with Gasteiger partial charge in [0, 0.05) is 32.1 Å². The summed E-state index contributed by atoms with van der Waals surface area (Å²) in [6.45, 7) is 2.72. The monoisotopic (exact) mass is 403 g/mol. The Bertz CT molecular complexity index is 886. The lowest BCUT2D eigenvalue weighted by molar-refractivity contribution is -0.192. The molecule has 0 aliphatic carbocycles. The van der Waals surface area contributed by atoms with Crippen molar-refractivity contribution in [2.45, 2.75) is 19.0 Å². The quantitative estimate of drug-likeness (QED) is 0.695. The fraction of sp³-hybridized carbons (Fsp3) is 0.500. The Hall–Kier alpha value is -2.89. The van der Waals surface area contributed by atoms with Crippen molar-refractivity contribution >= 4 is 17.5 Å². The van der Waals surface area contributed by atoms with E-state index in [9.17, 15) is 22.8 Å². The molecule has 1 fully saturated rings. The molecule has 3 N–H and O–H groups in total. The molecule has 12 heteroatoms. The lowest BCUT2D eigenvalue weighted by atomic mass is 9.99. The van der Waals surface area contributed by atoms with Crippen LogP contribution in [-0.2, 0) is 4.79 Å². The van der Waals surface area contributed by atoms with Gasteiger partial charge in [-0.05, 0) is 31.8 Å². The minimum absolute atomic E-state index is 0.113. The molecular formula is C16H20F3N5O4. The Morgan fingerprint density at radius 1 is 1.43 bits per heavy atom. The van der Waals surface area contributed by atoms with Gasteiger partial charge in [0.1, 0.15) is 5.56 Å². The molecule has 154 valence electrons. The second kappa shape index (κ2) is 8.87. The number of alkyl halides is 3. The molecule has 2 aromatic rings. The Morgan fingerprint density at radius 3 is 2.68 bits per heavy atom. The third kappa shape index (κ3) is 5.31. The van der Waals surface area contributed by atoms with E-state index < -0.39 is 12.1 Å². The lowest BCUT2D eigenvalue weighted by Gasteiger charge is -2.27. The van der Waals surface area contributed by atoms with Gasteiger partial charge in [0.2, 0.25) is 0 Å². The first kappa shape index (κ1) is 21.4. The van der Waals surface area contributed by atoms with Crippen molar-refractivity contribution in [3.63, 3.8) is 0 Å². The largest absolute Gasteiger partial charge is 0.490 e. The second-order valence-electron chi connectivity index (χ2n) is 6.33. The van der Waals surface area contributed by atoms with Crippen molar-refractivity contribution < 1.29 is 27.9 Å². The van der Waals surface area contributed by atoms with Gasteiger partial charge in [-0.2, -0.15) is 13.2 Å². The fourth-order valence-corrected chi connectivity index (χ4v) is 2.83. The van der Waals surface area contributed by atoms with Gasteiger partial charge in [0.15, 0.2) is 5.65 Å². The van der Waals surface area contributed by atoms with Crippen LogP contribution in [0.1, 0.15) is 23.2 Å². The number of aromatic nitrogens is 3. The van der Waals surface area contributed by atoms with Crippen LogP contribution in [0.15, 0.2) is 23.3 Å². The Balaban J connectivity index is 0.000000345. The van der Waals surface area contributed by atoms with Crippen LogP contribution >= 0.6 is 0 Å². The van der Waals surface area contributed by atoms with Gasteiger partial charge < -0.3 is 15.3 Å². The predicted octanol–water partition coefficient (Wildman–Crippen LogP) is 0.728. The average Bonchev–Trinajstić information content (AvgIpc) is 3.07. The summed E-state index contributed by atoms with van der Waals surface area (Å²) in [6, 6.07) is 1.36. The highest BCUT2D eigenvalue weighted by molar-refractivity contribution is 5.99. The van der Waals surface area contributed by atoms with Gasteiger partial charge in [0.05, 0.1) is 0 Å². The number of fused-ring (bicyclic) bond motifs is 1. The number of H-pyrrole nitrogens is 1. The summed E-state index contributed by atoms with van der Waals surface area (Å²) in [5.41, 5.74) is 0.582. The summed E-state index contributed by atoms with van der Waals surface area (Å²) in [5.74, 6) is -2.39. The number of rotatable bonds is 3. The molecule has 3 heterocycles. The molecule has 0 bridgehead atoms. The molecule has 1 unspecified atom stereocenters. The molecule has 0 radical (unpaired) electrons. The van der Waals surface area contributed by atoms with Crippen LogP contribution in [-0.4, -0.2) is 69.3 Å². The van der Waals surface area contributed by atoms with E-state index in [-0.39, 0.29) is 11.5 Å². The smallest absolute Gasteiger partial charge is 0.475 e. The summed E-state index contributed by atoms with van der Waals surface area (Å²) in [4.78, 5) is 38.9. The first-order valence-corrected chi connectivity index (χ1v) is 8.42. The van der Waals surface area contributed by atoms with Crippen LogP contribution < -0.4 is 10.9 Å². The highest BCUT2D eigenvalue weighted by Crippen LogP contribution is 2.14. The van der Waals surface area contributed by atoms with Crippen molar-refractivity contribution in [1.82, 2.24) is 24.8 Å². The Morgan fingerprint density at radius 2 is 2.11 bits per heavy atom. The van der Waals surface area contributed by atoms with Crippen LogP contribution in [0.5, 0.6) is 0 Å². The lowest BCUT2D eigenvalue weighted by Crippen LogP contribution is -2.39. The number of nitrogens with one attached hydrogen (secondary N) is 2. The molecule has 1 amide bonds. The van der Waals surface area contributed by atoms with Gasteiger partial charge in [-0.3, -0.25) is 14.7 Å². The zero-order chi connectivity index (χ0) is 20.9. The maximum atomic E-state index is 12.5. The number of carbonyl (C=O) groups is 2. The summed E-state index contributed by atoms with van der Waals surface area (Å²) in [5, 5.41) is 13.3. The van der Waals surface area contributed by atoms with Gasteiger partial charge in [0.25, 0.3) is 11.5 Å². The maximum Gasteiger partial charge on any atom is 0.490 e. The van der Waals surface area contributed by atoms with Gasteiger partial charge in [-0.1, -0.05) is 0 Å². The van der Waals surface area contributed by atoms with Crippen molar-refractivity contribution in [2.75, 3.05) is 26.7 Å². The number of carboxylic acids is 1. The number of amides is 1. The van der Waals surface area contributed by atoms with E-state index in [1.165, 1.54) is 16.8 Å². The standard InChI is InChI=1S/C14H19N5O2.C2HF3O2/c1-18(9-10-3-2-5-15-7-10)14(21)11-8-17-19-12(20)4-6-16-13(11)19;3-2(4,5)1(6)7/h4,6,8,10,15,17H,2-3,5,7,9H2,1H3;(H,6,7). The summed E-state index contributed by atoms with van der Waals surface area (Å²) >= 11 is 0. The van der Waals surface area contributed by atoms with E-state index in [0.717, 1.165) is 25.9 Å². The van der Waals surface area contributed by atoms with Crippen molar-refractivity contribution in [3.8, 4) is 0 Å². The minimum atomic E-state index is -5.08. The number of hydrogen-bond donors (Lipinski definition) is 3. The van der Waals surface area contributed by atoms with Crippen molar-refractivity contribution in [2.24, 2.45) is 5.92 Å². The Labute approximate surface area is 157 Å². The molecule has 3 rings (SSSR count). The van der Waals surface area contributed by atoms with E-state index in [4.69, 9.17) is 9.90 Å². The molecule has 1 saturated heterocycles. The minimum Gasteiger partial charge on any atom is -0.475 e. The van der Waals surface area contributed by atoms with E-state index >= 15 is 0 Å². The van der Waals surface area contributed by atoms with E-state index in [2.05, 4.69) is 15.4 Å². The SMILES string of the molecule is CN(CC1CCCNC1)C(=O)c1c[nH]n2c(=O)ccnc12.O=C(O)C(F)(F)F. The van der Waals surface area contributed by atoms with Crippen molar-refractivity contribution in [1.29, 1.82) is 0 Å². The van der Waals surface area contributed by atoms with Crippen molar-refractivity contribution in [3.05, 3.63) is 34.4 Å². The first-order chi connectivity index (χ1) is 13.1. The molecule has 0 spiro atoms. The molecule has 1 atom stereocenters. The van der Waals surface area contributed by atoms with Crippen LogP contribution in [0, 0.1) is 5.92 Å². The predicted molar refractivity (Wildman–Crippen MR) is 92.1 cm³/mol. The molecule has 28 heavy (non-hydrogen) atoms. The van der Waals surface area contributed by atoms with Crippen LogP contribution in [0.25, 0.3) is 5.65 Å². The molecular weight excluding hydrogens is 383 g/mol. The summed E-state index contributed by atoms with van der Waals surface area (Å²) in [7, 11) is 1.79. The normalized spacial score (nSPS) is 16.9. The van der Waals surface area contributed by atoms with E-state index in [0.29, 0.717) is 23.7 Å². The zero-order valence-corrected chi connectivity index (χ0v) is 15.0. The highest BCUT2D eigenvalue weighted by atomic mass is 19.4. The van der Waals surface area contributed by atoms with Gasteiger partial charge >= 0.3 is 12.1 Å². The van der Waals surface area contributed by atoms with E-state index in [1.807, 2.05) is 0 Å². The molecule has 0 aromatic carbocycles. The third-order valence-corrected chi connectivity index (χ3v) is 4.18. The molecule has 2 aromatic heterocycles. The number of hydrogen-bond acceptors (Lipinski definition) is 5. The maximum absolute atomic E-state index is 12.5. The fourth-order valence-electron chi connectivity index (χ4n) is 2.83. The zero-order valence-electron chi connectivity index (χ0n) is 15.0. The average molecular weight is 403 g/mol. The second-order valence-corrected chi connectivity index (χ2v) is 6.33.